The van der Waals surface area contributed by atoms with Crippen LogP contribution < -0.4 is 0 Å². The summed E-state index contributed by atoms with van der Waals surface area (Å²) in [5, 5.41) is 0. The van der Waals surface area contributed by atoms with Gasteiger partial charge in [-0.3, -0.25) is 0 Å². The van der Waals surface area contributed by atoms with Crippen LogP contribution in [0.15, 0.2) is 33.6 Å². The minimum absolute atomic E-state index is 0.896. The summed E-state index contributed by atoms with van der Waals surface area (Å²) in [5.41, 5.74) is 0.896. The van der Waals surface area contributed by atoms with Gasteiger partial charge >= 0.3 is 0 Å². The second kappa shape index (κ2) is 6.89. The van der Waals surface area contributed by atoms with E-state index in [4.69, 9.17) is 6.42 Å². The van der Waals surface area contributed by atoms with Crippen molar-refractivity contribution >= 4 is 39.8 Å². The van der Waals surface area contributed by atoms with Crippen LogP contribution >= 0.6 is 35.5 Å². The fourth-order valence-corrected chi connectivity index (χ4v) is 2.93. The Hall–Kier alpha value is -0.500. The quantitative estimate of drug-likeness (QED) is 0.345. The predicted octanol–water partition coefficient (Wildman–Crippen LogP) is 3.76. The van der Waals surface area contributed by atoms with Gasteiger partial charge in [0.25, 0.3) is 0 Å². The Labute approximate surface area is 104 Å². The van der Waals surface area contributed by atoms with Crippen LogP contribution in [0.2, 0.25) is 0 Å². The van der Waals surface area contributed by atoms with Crippen molar-refractivity contribution < 1.29 is 0 Å². The van der Waals surface area contributed by atoms with Gasteiger partial charge in [0.1, 0.15) is 4.38 Å². The number of thioether (sulfide) groups is 2. The van der Waals surface area contributed by atoms with E-state index in [9.17, 15) is 0 Å². The Morgan fingerprint density at radius 1 is 1.27 bits per heavy atom. The Morgan fingerprint density at radius 2 is 1.93 bits per heavy atom. The molecule has 0 saturated carbocycles. The molecule has 0 unspecified atom stereocenters. The average Bonchev–Trinajstić information content (AvgIpc) is 2.31. The monoisotopic (exact) mass is 253 g/mol. The van der Waals surface area contributed by atoms with Crippen molar-refractivity contribution in [3.8, 4) is 12.3 Å². The molecule has 0 bridgehead atoms. The highest BCUT2D eigenvalue weighted by molar-refractivity contribution is 8.38. The molecule has 0 atom stereocenters. The highest BCUT2D eigenvalue weighted by Gasteiger charge is 2.00. The Kier molecular flexibility index (Phi) is 5.77. The van der Waals surface area contributed by atoms with Crippen LogP contribution in [0.3, 0.4) is 0 Å². The highest BCUT2D eigenvalue weighted by Crippen LogP contribution is 2.26. The summed E-state index contributed by atoms with van der Waals surface area (Å²) >= 11 is 4.72. The van der Waals surface area contributed by atoms with Gasteiger partial charge in [0, 0.05) is 22.4 Å². The van der Waals surface area contributed by atoms with Crippen LogP contribution in [0.4, 0.5) is 0 Å². The van der Waals surface area contributed by atoms with Crippen LogP contribution in [-0.4, -0.2) is 16.9 Å². The molecule has 0 aromatic heterocycles. The van der Waals surface area contributed by atoms with Gasteiger partial charge in [0.05, 0.1) is 0 Å². The molecule has 1 rings (SSSR count). The van der Waals surface area contributed by atoms with Gasteiger partial charge in [0.15, 0.2) is 0 Å². The van der Waals surface area contributed by atoms with E-state index in [0.717, 1.165) is 14.8 Å². The lowest BCUT2D eigenvalue weighted by molar-refractivity contribution is 1.41. The average molecular weight is 253 g/mol. The highest BCUT2D eigenvalue weighted by atomic mass is 32.2. The first-order valence-electron chi connectivity index (χ1n) is 4.20. The third-order valence-corrected chi connectivity index (χ3v) is 4.55. The molecule has 1 nitrogen and oxygen atoms in total. The summed E-state index contributed by atoms with van der Waals surface area (Å²) in [6, 6.07) is 7.82. The lowest BCUT2D eigenvalue weighted by Crippen LogP contribution is -1.81. The van der Waals surface area contributed by atoms with Crippen molar-refractivity contribution in [1.29, 1.82) is 0 Å². The van der Waals surface area contributed by atoms with Gasteiger partial charge in [-0.05, 0) is 24.6 Å². The standard InChI is InChI=1S/C11H11NS3/c1-4-9-7-5-6-8-10(9)15-12-11(13-2)14-3/h1,5-8H,2-3H3. The number of hydrogen-bond donors (Lipinski definition) is 0. The minimum atomic E-state index is 0.896. The van der Waals surface area contributed by atoms with Gasteiger partial charge in [-0.2, -0.15) is 4.40 Å². The Bertz CT molecular complexity index is 387. The van der Waals surface area contributed by atoms with E-state index >= 15 is 0 Å². The molecule has 0 saturated heterocycles. The maximum atomic E-state index is 5.40. The van der Waals surface area contributed by atoms with E-state index in [1.165, 1.54) is 11.9 Å². The zero-order valence-corrected chi connectivity index (χ0v) is 11.0. The van der Waals surface area contributed by atoms with Crippen molar-refractivity contribution in [2.75, 3.05) is 12.5 Å². The van der Waals surface area contributed by atoms with E-state index in [1.807, 2.05) is 36.8 Å². The van der Waals surface area contributed by atoms with Gasteiger partial charge in [-0.1, -0.05) is 18.1 Å². The number of hydrogen-bond acceptors (Lipinski definition) is 4. The second-order valence-corrected chi connectivity index (χ2v) is 5.15. The number of nitrogens with zero attached hydrogens (tertiary/aromatic N) is 1. The van der Waals surface area contributed by atoms with Crippen molar-refractivity contribution in [3.63, 3.8) is 0 Å². The maximum Gasteiger partial charge on any atom is 0.138 e. The van der Waals surface area contributed by atoms with E-state index in [0.29, 0.717) is 0 Å². The molecule has 0 N–H and O–H groups in total. The summed E-state index contributed by atoms with van der Waals surface area (Å²) in [7, 11) is 0. The molecule has 4 heteroatoms. The lowest BCUT2D eigenvalue weighted by Gasteiger charge is -2.00. The van der Waals surface area contributed by atoms with Crippen LogP contribution in [0.25, 0.3) is 0 Å². The summed E-state index contributed by atoms with van der Waals surface area (Å²) in [5.74, 6) is 2.65. The van der Waals surface area contributed by atoms with Gasteiger partial charge < -0.3 is 0 Å². The molecule has 1 aromatic rings. The van der Waals surface area contributed by atoms with Crippen LogP contribution in [0.5, 0.6) is 0 Å². The summed E-state index contributed by atoms with van der Waals surface area (Å²) in [6.45, 7) is 0. The summed E-state index contributed by atoms with van der Waals surface area (Å²) in [6.07, 6.45) is 9.43. The number of benzene rings is 1. The van der Waals surface area contributed by atoms with Gasteiger partial charge in [0.2, 0.25) is 0 Å². The van der Waals surface area contributed by atoms with Gasteiger partial charge in [-0.15, -0.1) is 29.9 Å². The topological polar surface area (TPSA) is 12.4 Å². The maximum absolute atomic E-state index is 5.40. The second-order valence-electron chi connectivity index (χ2n) is 2.50. The molecule has 0 heterocycles. The van der Waals surface area contributed by atoms with E-state index in [1.54, 1.807) is 23.5 Å². The fraction of sp³-hybridized carbons (Fsp3) is 0.182. The Morgan fingerprint density at radius 3 is 2.53 bits per heavy atom. The molecule has 78 valence electrons. The third kappa shape index (κ3) is 3.86. The zero-order chi connectivity index (χ0) is 11.1. The molecule has 0 spiro atoms. The summed E-state index contributed by atoms with van der Waals surface area (Å²) < 4.78 is 5.45. The predicted molar refractivity (Wildman–Crippen MR) is 74.7 cm³/mol. The van der Waals surface area contributed by atoms with Crippen LogP contribution in [0.1, 0.15) is 5.56 Å². The normalized spacial score (nSPS) is 9.40. The molecular weight excluding hydrogens is 242 g/mol. The zero-order valence-electron chi connectivity index (χ0n) is 8.56. The number of terminal acetylenes is 1. The van der Waals surface area contributed by atoms with E-state index < -0.39 is 0 Å². The summed E-state index contributed by atoms with van der Waals surface area (Å²) in [4.78, 5) is 1.03. The molecule has 0 amide bonds. The first-order valence-corrected chi connectivity index (χ1v) is 7.42. The third-order valence-electron chi connectivity index (χ3n) is 1.61. The molecule has 0 fully saturated rings. The molecular formula is C11H11NS3. The van der Waals surface area contributed by atoms with Gasteiger partial charge in [-0.25, -0.2) is 0 Å². The molecule has 1 aromatic carbocycles. The fourth-order valence-electron chi connectivity index (χ4n) is 0.910. The van der Waals surface area contributed by atoms with Crippen molar-refractivity contribution in [2.24, 2.45) is 4.40 Å². The van der Waals surface area contributed by atoms with Crippen LogP contribution in [0, 0.1) is 12.3 Å². The van der Waals surface area contributed by atoms with E-state index in [2.05, 4.69) is 10.3 Å². The first kappa shape index (κ1) is 12.6. The molecule has 0 aliphatic heterocycles. The first-order chi connectivity index (χ1) is 7.31. The minimum Gasteiger partial charge on any atom is -0.197 e. The smallest absolute Gasteiger partial charge is 0.138 e. The largest absolute Gasteiger partial charge is 0.197 e. The molecule has 0 radical (unpaired) electrons. The van der Waals surface area contributed by atoms with Crippen LogP contribution in [-0.2, 0) is 0 Å². The lowest BCUT2D eigenvalue weighted by atomic mass is 10.2. The van der Waals surface area contributed by atoms with Crippen molar-refractivity contribution in [1.82, 2.24) is 0 Å². The molecule has 0 aliphatic rings. The van der Waals surface area contributed by atoms with Crippen molar-refractivity contribution in [3.05, 3.63) is 29.8 Å². The molecule has 0 aliphatic carbocycles. The Balaban J connectivity index is 2.81. The van der Waals surface area contributed by atoms with Crippen molar-refractivity contribution in [2.45, 2.75) is 4.90 Å². The molecule has 15 heavy (non-hydrogen) atoms. The SMILES string of the molecule is C#Cc1ccccc1SN=C(SC)SC. The van der Waals surface area contributed by atoms with E-state index in [-0.39, 0.29) is 0 Å². The number of rotatable bonds is 2.